The molecule has 0 aliphatic rings. The first kappa shape index (κ1) is 18.8. The molecule has 0 radical (unpaired) electrons. The van der Waals surface area contributed by atoms with Crippen LogP contribution in [0.25, 0.3) is 27.8 Å². The first-order valence-electron chi connectivity index (χ1n) is 9.53. The van der Waals surface area contributed by atoms with Crippen molar-refractivity contribution in [1.29, 1.82) is 0 Å². The molecule has 0 bridgehead atoms. The van der Waals surface area contributed by atoms with E-state index < -0.39 is 11.4 Å². The van der Waals surface area contributed by atoms with Crippen molar-refractivity contribution in [3.8, 4) is 11.3 Å². The quantitative estimate of drug-likeness (QED) is 0.492. The molecule has 1 amide bonds. The van der Waals surface area contributed by atoms with Gasteiger partial charge >= 0.3 is 0 Å². The second-order valence-electron chi connectivity index (χ2n) is 6.84. The molecule has 29 heavy (non-hydrogen) atoms. The zero-order valence-corrected chi connectivity index (χ0v) is 15.9. The third-order valence-corrected chi connectivity index (χ3v) is 4.79. The Kier molecular flexibility index (Phi) is 5.07. The largest absolute Gasteiger partial charge is 0.352 e. The van der Waals surface area contributed by atoms with Crippen LogP contribution in [0.15, 0.2) is 47.3 Å². The molecule has 0 saturated carbocycles. The molecule has 148 valence electrons. The minimum Gasteiger partial charge on any atom is -0.352 e. The van der Waals surface area contributed by atoms with Gasteiger partial charge in [0.15, 0.2) is 5.65 Å². The molecule has 0 unspecified atom stereocenters. The lowest BCUT2D eigenvalue weighted by molar-refractivity contribution is 0.0953. The van der Waals surface area contributed by atoms with E-state index in [9.17, 15) is 14.0 Å². The molecule has 4 rings (SSSR count). The third kappa shape index (κ3) is 3.61. The fraction of sp³-hybridized carbons (Fsp3) is 0.238. The number of hydrogen-bond acceptors (Lipinski definition) is 4. The van der Waals surface area contributed by atoms with Gasteiger partial charge < -0.3 is 5.32 Å². The first-order valence-corrected chi connectivity index (χ1v) is 9.53. The van der Waals surface area contributed by atoms with Crippen LogP contribution >= 0.6 is 0 Å². The monoisotopic (exact) mass is 393 g/mol. The highest BCUT2D eigenvalue weighted by atomic mass is 19.1. The van der Waals surface area contributed by atoms with Gasteiger partial charge in [0.1, 0.15) is 11.5 Å². The van der Waals surface area contributed by atoms with Crippen LogP contribution in [0.2, 0.25) is 0 Å². The van der Waals surface area contributed by atoms with Gasteiger partial charge in [0.2, 0.25) is 0 Å². The SMILES string of the molecule is CCCCCNC(=O)c1ccc2c(=O)nc3c(-c4cccc(F)c4)n[nH]n3c2c1. The van der Waals surface area contributed by atoms with E-state index in [2.05, 4.69) is 27.5 Å². The number of nitrogens with one attached hydrogen (secondary N) is 2. The molecule has 4 aromatic rings. The molecule has 0 spiro atoms. The maximum atomic E-state index is 13.6. The zero-order chi connectivity index (χ0) is 20.4. The number of fused-ring (bicyclic) bond motifs is 3. The Morgan fingerprint density at radius 1 is 1.21 bits per heavy atom. The maximum absolute atomic E-state index is 13.6. The molecular formula is C21H20FN5O2. The number of H-pyrrole nitrogens is 1. The normalized spacial score (nSPS) is 11.2. The second-order valence-corrected chi connectivity index (χ2v) is 6.84. The Hall–Kier alpha value is -3.55. The molecule has 7 nitrogen and oxygen atoms in total. The summed E-state index contributed by atoms with van der Waals surface area (Å²) in [5.74, 6) is -0.611. The van der Waals surface area contributed by atoms with Gasteiger partial charge in [-0.05, 0) is 36.8 Å². The topological polar surface area (TPSA) is 92.2 Å². The van der Waals surface area contributed by atoms with Crippen molar-refractivity contribution < 1.29 is 9.18 Å². The molecular weight excluding hydrogens is 373 g/mol. The van der Waals surface area contributed by atoms with Crippen LogP contribution in [0.3, 0.4) is 0 Å². The van der Waals surface area contributed by atoms with Gasteiger partial charge in [0, 0.05) is 17.7 Å². The van der Waals surface area contributed by atoms with Gasteiger partial charge in [-0.15, -0.1) is 0 Å². The number of unbranched alkanes of at least 4 members (excludes halogenated alkanes) is 2. The fourth-order valence-electron chi connectivity index (χ4n) is 3.28. The number of aromatic nitrogens is 4. The van der Waals surface area contributed by atoms with Crippen LogP contribution in [-0.4, -0.2) is 32.3 Å². The van der Waals surface area contributed by atoms with Gasteiger partial charge in [-0.25, -0.2) is 14.1 Å². The average Bonchev–Trinajstić information content (AvgIpc) is 3.15. The van der Waals surface area contributed by atoms with E-state index in [-0.39, 0.29) is 11.6 Å². The predicted molar refractivity (Wildman–Crippen MR) is 108 cm³/mol. The Morgan fingerprint density at radius 3 is 2.86 bits per heavy atom. The number of halogens is 1. The van der Waals surface area contributed by atoms with Gasteiger partial charge in [-0.3, -0.25) is 9.59 Å². The summed E-state index contributed by atoms with van der Waals surface area (Å²) in [6, 6.07) is 10.7. The van der Waals surface area contributed by atoms with E-state index in [1.54, 1.807) is 30.3 Å². The molecule has 2 N–H and O–H groups in total. The summed E-state index contributed by atoms with van der Waals surface area (Å²) in [7, 11) is 0. The van der Waals surface area contributed by atoms with E-state index in [0.29, 0.717) is 34.3 Å². The number of hydrogen-bond donors (Lipinski definition) is 2. The van der Waals surface area contributed by atoms with Crippen molar-refractivity contribution in [3.63, 3.8) is 0 Å². The summed E-state index contributed by atoms with van der Waals surface area (Å²) in [5.41, 5.74) is 1.62. The average molecular weight is 393 g/mol. The highest BCUT2D eigenvalue weighted by Crippen LogP contribution is 2.23. The molecule has 0 aliphatic heterocycles. The number of amides is 1. The van der Waals surface area contributed by atoms with Crippen molar-refractivity contribution >= 4 is 22.5 Å². The minimum absolute atomic E-state index is 0.203. The summed E-state index contributed by atoms with van der Waals surface area (Å²) < 4.78 is 15.1. The summed E-state index contributed by atoms with van der Waals surface area (Å²) >= 11 is 0. The standard InChI is InChI=1S/C21H20FN5O2/c1-2-3-4-10-23-20(28)14-8-9-16-17(12-14)27-19(24-21(16)29)18(25-26-27)13-6-5-7-15(22)11-13/h5-9,11-12,26H,2-4,10H2,1H3,(H,23,28). The van der Waals surface area contributed by atoms with Crippen molar-refractivity contribution in [2.75, 3.05) is 6.54 Å². The van der Waals surface area contributed by atoms with Crippen molar-refractivity contribution in [1.82, 2.24) is 25.1 Å². The molecule has 0 aliphatic carbocycles. The molecule has 2 aromatic heterocycles. The van der Waals surface area contributed by atoms with E-state index >= 15 is 0 Å². The van der Waals surface area contributed by atoms with Crippen molar-refractivity contribution in [2.24, 2.45) is 0 Å². The predicted octanol–water partition coefficient (Wildman–Crippen LogP) is 3.30. The van der Waals surface area contributed by atoms with Gasteiger partial charge in [0.25, 0.3) is 11.5 Å². The van der Waals surface area contributed by atoms with Crippen LogP contribution in [0.4, 0.5) is 4.39 Å². The molecule has 8 heteroatoms. The van der Waals surface area contributed by atoms with Crippen LogP contribution in [0, 0.1) is 5.82 Å². The summed E-state index contributed by atoms with van der Waals surface area (Å²) in [6.07, 6.45) is 3.05. The lowest BCUT2D eigenvalue weighted by atomic mass is 10.1. The number of carbonyl (C=O) groups is 1. The first-order chi connectivity index (χ1) is 14.1. The van der Waals surface area contributed by atoms with Crippen LogP contribution in [-0.2, 0) is 0 Å². The Bertz CT molecular complexity index is 1260. The smallest absolute Gasteiger partial charge is 0.281 e. The van der Waals surface area contributed by atoms with Gasteiger partial charge in [-0.1, -0.05) is 31.9 Å². The zero-order valence-electron chi connectivity index (χ0n) is 15.9. The fourth-order valence-corrected chi connectivity index (χ4v) is 3.28. The van der Waals surface area contributed by atoms with Crippen LogP contribution < -0.4 is 10.9 Å². The number of carbonyl (C=O) groups excluding carboxylic acids is 1. The second kappa shape index (κ2) is 7.83. The highest BCUT2D eigenvalue weighted by Gasteiger charge is 2.16. The van der Waals surface area contributed by atoms with E-state index in [4.69, 9.17) is 0 Å². The van der Waals surface area contributed by atoms with E-state index in [1.807, 2.05) is 0 Å². The number of benzene rings is 2. The molecule has 2 aromatic carbocycles. The van der Waals surface area contributed by atoms with Gasteiger partial charge in [-0.2, -0.15) is 10.1 Å². The summed E-state index contributed by atoms with van der Waals surface area (Å²) in [4.78, 5) is 29.1. The maximum Gasteiger partial charge on any atom is 0.281 e. The number of rotatable bonds is 6. The summed E-state index contributed by atoms with van der Waals surface area (Å²) in [5, 5.41) is 10.3. The van der Waals surface area contributed by atoms with Crippen LogP contribution in [0.5, 0.6) is 0 Å². The minimum atomic E-state index is -0.436. The lowest BCUT2D eigenvalue weighted by Crippen LogP contribution is -2.24. The Morgan fingerprint density at radius 2 is 2.07 bits per heavy atom. The van der Waals surface area contributed by atoms with E-state index in [0.717, 1.165) is 19.3 Å². The van der Waals surface area contributed by atoms with E-state index in [1.165, 1.54) is 16.6 Å². The lowest BCUT2D eigenvalue weighted by Gasteiger charge is -2.07. The molecule has 0 atom stereocenters. The number of nitrogens with zero attached hydrogens (tertiary/aromatic N) is 3. The number of aromatic amines is 1. The third-order valence-electron chi connectivity index (χ3n) is 4.79. The van der Waals surface area contributed by atoms with Crippen molar-refractivity contribution in [2.45, 2.75) is 26.2 Å². The molecule has 2 heterocycles. The van der Waals surface area contributed by atoms with Crippen LogP contribution in [0.1, 0.15) is 36.5 Å². The summed E-state index contributed by atoms with van der Waals surface area (Å²) in [6.45, 7) is 2.70. The Labute approximate surface area is 165 Å². The van der Waals surface area contributed by atoms with Crippen molar-refractivity contribution in [3.05, 3.63) is 64.2 Å². The Balaban J connectivity index is 1.78. The van der Waals surface area contributed by atoms with Gasteiger partial charge in [0.05, 0.1) is 10.9 Å². The molecule has 0 fully saturated rings. The molecule has 0 saturated heterocycles. The highest BCUT2D eigenvalue weighted by molar-refractivity contribution is 5.98.